The molecule has 0 aromatic heterocycles. The van der Waals surface area contributed by atoms with Crippen LogP contribution in [-0.2, 0) is 33.3 Å². The third-order valence-electron chi connectivity index (χ3n) is 5.52. The van der Waals surface area contributed by atoms with E-state index in [4.69, 9.17) is 25.4 Å². The number of carbonyl (C=O) groups is 3. The molecular weight excluding hydrogens is 448 g/mol. The molecule has 0 aromatic rings. The predicted molar refractivity (Wildman–Crippen MR) is 122 cm³/mol. The molecule has 1 saturated heterocycles. The van der Waals surface area contributed by atoms with Crippen molar-refractivity contribution in [3.05, 3.63) is 0 Å². The average molecular weight is 487 g/mol. The second-order valence-corrected chi connectivity index (χ2v) is 8.03. The largest absolute Gasteiger partial charge is 0.480 e. The Morgan fingerprint density at radius 3 is 2.12 bits per heavy atom. The molecule has 1 fully saturated rings. The summed E-state index contributed by atoms with van der Waals surface area (Å²) in [4.78, 5) is 37.7. The quantitative estimate of drug-likeness (QED) is 0.173. The van der Waals surface area contributed by atoms with Gasteiger partial charge in [-0.15, -0.1) is 6.42 Å². The van der Waals surface area contributed by atoms with Crippen molar-refractivity contribution >= 4 is 17.8 Å². The topological polar surface area (TPSA) is 144 Å². The van der Waals surface area contributed by atoms with Crippen LogP contribution in [0, 0.1) is 24.2 Å². The van der Waals surface area contributed by atoms with Gasteiger partial charge in [0.1, 0.15) is 12.6 Å². The van der Waals surface area contributed by atoms with E-state index >= 15 is 0 Å². The van der Waals surface area contributed by atoms with E-state index in [0.29, 0.717) is 46.1 Å². The molecule has 0 unspecified atom stereocenters. The van der Waals surface area contributed by atoms with Crippen molar-refractivity contribution in [2.45, 2.75) is 38.8 Å². The van der Waals surface area contributed by atoms with Gasteiger partial charge in [-0.3, -0.25) is 9.59 Å². The van der Waals surface area contributed by atoms with Crippen molar-refractivity contribution in [2.75, 3.05) is 65.9 Å². The van der Waals surface area contributed by atoms with Crippen LogP contribution in [0.4, 0.5) is 0 Å². The van der Waals surface area contributed by atoms with Gasteiger partial charge >= 0.3 is 5.97 Å². The third-order valence-corrected chi connectivity index (χ3v) is 5.52. The number of hydrogen-bond acceptors (Lipinski definition) is 8. The van der Waals surface area contributed by atoms with E-state index in [1.807, 2.05) is 6.92 Å². The fourth-order valence-corrected chi connectivity index (χ4v) is 3.30. The Kier molecular flexibility index (Phi) is 15.1. The summed E-state index contributed by atoms with van der Waals surface area (Å²) < 4.78 is 21.1. The molecule has 2 amide bonds. The molecule has 1 rings (SSSR count). The third kappa shape index (κ3) is 11.3. The standard InChI is InChI=1S/C23H38N2O9/c1-4-7-31-9-11-33-13-14-34-12-10-32-8-6-20(27)25-15-18(19(26)16-25)22(28)24-21(23(29)30)17(3)5-2/h1,17-19,21,26H,5-16H2,2-3H3,(H,24,28)(H,29,30)/t17-,18+,19+,21-/m0/s1. The number of nitrogens with one attached hydrogen (secondary N) is 1. The minimum atomic E-state index is -1.12. The molecule has 1 heterocycles. The molecule has 0 radical (unpaired) electrons. The molecule has 11 nitrogen and oxygen atoms in total. The van der Waals surface area contributed by atoms with E-state index in [9.17, 15) is 24.6 Å². The number of ether oxygens (including phenoxy) is 4. The lowest BCUT2D eigenvalue weighted by Crippen LogP contribution is -2.49. The highest BCUT2D eigenvalue weighted by Crippen LogP contribution is 2.19. The van der Waals surface area contributed by atoms with Crippen LogP contribution in [0.1, 0.15) is 26.7 Å². The normalized spacial score (nSPS) is 19.4. The summed E-state index contributed by atoms with van der Waals surface area (Å²) in [6.07, 6.45) is 4.69. The number of carboxylic acids is 1. The Bertz CT molecular complexity index is 667. The first-order chi connectivity index (χ1) is 16.3. The monoisotopic (exact) mass is 486 g/mol. The zero-order valence-electron chi connectivity index (χ0n) is 20.1. The first-order valence-corrected chi connectivity index (χ1v) is 11.5. The lowest BCUT2D eigenvalue weighted by atomic mass is 9.97. The minimum absolute atomic E-state index is 0.0227. The zero-order chi connectivity index (χ0) is 25.3. The summed E-state index contributed by atoms with van der Waals surface area (Å²) in [7, 11) is 0. The smallest absolute Gasteiger partial charge is 0.326 e. The van der Waals surface area contributed by atoms with E-state index in [1.54, 1.807) is 6.92 Å². The Hall–Kier alpha value is -2.23. The maximum absolute atomic E-state index is 12.5. The van der Waals surface area contributed by atoms with Crippen LogP contribution in [0.5, 0.6) is 0 Å². The number of nitrogens with zero attached hydrogens (tertiary/aromatic N) is 1. The van der Waals surface area contributed by atoms with E-state index < -0.39 is 29.9 Å². The number of carboxylic acid groups (broad SMARTS) is 1. The Morgan fingerprint density at radius 1 is 1.03 bits per heavy atom. The molecule has 1 aliphatic heterocycles. The highest BCUT2D eigenvalue weighted by molar-refractivity contribution is 5.87. The van der Waals surface area contributed by atoms with Gasteiger partial charge < -0.3 is 39.4 Å². The van der Waals surface area contributed by atoms with Crippen molar-refractivity contribution in [3.63, 3.8) is 0 Å². The van der Waals surface area contributed by atoms with E-state index in [2.05, 4.69) is 11.2 Å². The van der Waals surface area contributed by atoms with Crippen LogP contribution in [0.3, 0.4) is 0 Å². The fraction of sp³-hybridized carbons (Fsp3) is 0.783. The zero-order valence-corrected chi connectivity index (χ0v) is 20.1. The van der Waals surface area contributed by atoms with Crippen LogP contribution < -0.4 is 5.32 Å². The van der Waals surface area contributed by atoms with Crippen molar-refractivity contribution in [2.24, 2.45) is 11.8 Å². The predicted octanol–water partition coefficient (Wildman–Crippen LogP) is -0.489. The van der Waals surface area contributed by atoms with Gasteiger partial charge in [0.25, 0.3) is 0 Å². The van der Waals surface area contributed by atoms with E-state index in [1.165, 1.54) is 4.90 Å². The number of aliphatic hydroxyl groups is 1. The van der Waals surface area contributed by atoms with Crippen LogP contribution in [0.15, 0.2) is 0 Å². The van der Waals surface area contributed by atoms with E-state index in [0.717, 1.165) is 0 Å². The molecule has 0 spiro atoms. The van der Waals surface area contributed by atoms with E-state index in [-0.39, 0.29) is 44.5 Å². The maximum atomic E-state index is 12.5. The van der Waals surface area contributed by atoms with Gasteiger partial charge in [-0.2, -0.15) is 0 Å². The summed E-state index contributed by atoms with van der Waals surface area (Å²) in [5.74, 6) is -0.689. The summed E-state index contributed by atoms with van der Waals surface area (Å²) >= 11 is 0. The van der Waals surface area contributed by atoms with Gasteiger partial charge in [-0.25, -0.2) is 4.79 Å². The van der Waals surface area contributed by atoms with Gasteiger partial charge in [0.2, 0.25) is 11.8 Å². The first kappa shape index (κ1) is 29.8. The number of aliphatic hydroxyl groups excluding tert-OH is 1. The number of β-amino-alcohol motifs (C(OH)–C–C–N with tert-alkyl or cyclic N) is 1. The lowest BCUT2D eigenvalue weighted by Gasteiger charge is -2.23. The minimum Gasteiger partial charge on any atom is -0.480 e. The Balaban J connectivity index is 2.18. The number of carbonyl (C=O) groups excluding carboxylic acids is 2. The molecule has 34 heavy (non-hydrogen) atoms. The highest BCUT2D eigenvalue weighted by atomic mass is 16.6. The van der Waals surface area contributed by atoms with Gasteiger partial charge in [-0.1, -0.05) is 26.2 Å². The second-order valence-electron chi connectivity index (χ2n) is 8.03. The number of aliphatic carboxylic acids is 1. The number of hydrogen-bond donors (Lipinski definition) is 3. The number of rotatable bonds is 18. The average Bonchev–Trinajstić information content (AvgIpc) is 3.21. The number of likely N-dealkylation sites (tertiary alicyclic amines) is 1. The van der Waals surface area contributed by atoms with Crippen molar-refractivity contribution in [1.82, 2.24) is 10.2 Å². The second kappa shape index (κ2) is 17.2. The van der Waals surface area contributed by atoms with Crippen molar-refractivity contribution < 1.29 is 43.5 Å². The highest BCUT2D eigenvalue weighted by Gasteiger charge is 2.40. The van der Waals surface area contributed by atoms with Crippen LogP contribution in [0.2, 0.25) is 0 Å². The van der Waals surface area contributed by atoms with Crippen LogP contribution >= 0.6 is 0 Å². The molecule has 4 atom stereocenters. The molecule has 0 bridgehead atoms. The molecule has 0 saturated carbocycles. The summed E-state index contributed by atoms with van der Waals surface area (Å²) in [6, 6.07) is -1.04. The molecule has 11 heteroatoms. The Labute approximate surface area is 201 Å². The van der Waals surface area contributed by atoms with Crippen LogP contribution in [0.25, 0.3) is 0 Å². The molecule has 3 N–H and O–H groups in total. The molecular formula is C23H38N2O9. The molecule has 0 aliphatic carbocycles. The van der Waals surface area contributed by atoms with Gasteiger partial charge in [0.15, 0.2) is 0 Å². The summed E-state index contributed by atoms with van der Waals surface area (Å²) in [6.45, 7) is 6.46. The summed E-state index contributed by atoms with van der Waals surface area (Å²) in [5, 5.41) is 22.1. The molecule has 0 aromatic carbocycles. The summed E-state index contributed by atoms with van der Waals surface area (Å²) in [5.41, 5.74) is 0. The van der Waals surface area contributed by atoms with Gasteiger partial charge in [0.05, 0.1) is 64.7 Å². The first-order valence-electron chi connectivity index (χ1n) is 11.5. The SMILES string of the molecule is C#CCOCCOCCOCCOCCC(=O)N1C[C@@H](O)[C@H](C(=O)N[C@H](C(=O)O)[C@@H](C)CC)C1. The maximum Gasteiger partial charge on any atom is 0.326 e. The van der Waals surface area contributed by atoms with Crippen LogP contribution in [-0.4, -0.2) is 111 Å². The molecule has 1 aliphatic rings. The van der Waals surface area contributed by atoms with Crippen molar-refractivity contribution in [3.8, 4) is 12.3 Å². The number of terminal acetylenes is 1. The fourth-order valence-electron chi connectivity index (χ4n) is 3.30. The van der Waals surface area contributed by atoms with Gasteiger partial charge in [0, 0.05) is 13.1 Å². The Morgan fingerprint density at radius 2 is 1.59 bits per heavy atom. The number of amides is 2. The van der Waals surface area contributed by atoms with Crippen molar-refractivity contribution in [1.29, 1.82) is 0 Å². The molecule has 194 valence electrons. The lowest BCUT2D eigenvalue weighted by molar-refractivity contribution is -0.144. The van der Waals surface area contributed by atoms with Gasteiger partial charge in [-0.05, 0) is 5.92 Å².